The zero-order valence-electron chi connectivity index (χ0n) is 16.7. The number of carboxylic acids is 1. The minimum atomic E-state index is -0.942. The quantitative estimate of drug-likeness (QED) is 0.833. The Morgan fingerprint density at radius 2 is 2.10 bits per heavy atom. The normalized spacial score (nSPS) is 30.0. The molecule has 1 fully saturated rings. The third-order valence-electron chi connectivity index (χ3n) is 7.51. The van der Waals surface area contributed by atoms with Gasteiger partial charge in [0.25, 0.3) is 0 Å². The predicted molar refractivity (Wildman–Crippen MR) is 110 cm³/mol. The van der Waals surface area contributed by atoms with Crippen LogP contribution in [0.3, 0.4) is 0 Å². The van der Waals surface area contributed by atoms with E-state index in [4.69, 9.17) is 9.84 Å². The summed E-state index contributed by atoms with van der Waals surface area (Å²) in [7, 11) is 0. The van der Waals surface area contributed by atoms with Crippen molar-refractivity contribution in [2.24, 2.45) is 17.3 Å². The SMILES string of the molecule is C[C@]12CCC3c4ccc(OCC(=O)O)cc4CCC3C1CC=C2c1cncnc1. The summed E-state index contributed by atoms with van der Waals surface area (Å²) in [6.07, 6.45) is 13.7. The van der Waals surface area contributed by atoms with Crippen LogP contribution in [0.25, 0.3) is 5.57 Å². The van der Waals surface area contributed by atoms with E-state index in [1.54, 1.807) is 6.33 Å². The molecule has 0 spiro atoms. The molecule has 3 aliphatic rings. The van der Waals surface area contributed by atoms with Gasteiger partial charge in [0.05, 0.1) is 0 Å². The van der Waals surface area contributed by atoms with Gasteiger partial charge in [0.1, 0.15) is 12.1 Å². The molecule has 0 aliphatic heterocycles. The Kier molecular flexibility index (Phi) is 4.41. The second-order valence-electron chi connectivity index (χ2n) is 8.90. The van der Waals surface area contributed by atoms with Crippen LogP contribution in [-0.4, -0.2) is 27.7 Å². The van der Waals surface area contributed by atoms with E-state index in [1.807, 2.05) is 18.5 Å². The highest BCUT2D eigenvalue weighted by atomic mass is 16.5. The number of carbonyl (C=O) groups is 1. The molecule has 5 rings (SSSR count). The van der Waals surface area contributed by atoms with Crippen LogP contribution < -0.4 is 4.74 Å². The molecule has 1 saturated carbocycles. The molecular weight excluding hydrogens is 364 g/mol. The Balaban J connectivity index is 1.40. The first-order valence-corrected chi connectivity index (χ1v) is 10.5. The summed E-state index contributed by atoms with van der Waals surface area (Å²) in [5.41, 5.74) is 5.59. The third-order valence-corrected chi connectivity index (χ3v) is 7.51. The maximum atomic E-state index is 10.8. The van der Waals surface area contributed by atoms with Gasteiger partial charge < -0.3 is 9.84 Å². The van der Waals surface area contributed by atoms with Crippen molar-refractivity contribution in [3.63, 3.8) is 0 Å². The van der Waals surface area contributed by atoms with Gasteiger partial charge in [-0.15, -0.1) is 0 Å². The predicted octanol–water partition coefficient (Wildman–Crippen LogP) is 4.49. The zero-order chi connectivity index (χ0) is 20.0. The number of aromatic nitrogens is 2. The van der Waals surface area contributed by atoms with Gasteiger partial charge in [-0.25, -0.2) is 14.8 Å². The largest absolute Gasteiger partial charge is 0.482 e. The van der Waals surface area contributed by atoms with Gasteiger partial charge in [-0.3, -0.25) is 0 Å². The first-order chi connectivity index (χ1) is 14.1. The molecule has 5 heteroatoms. The van der Waals surface area contributed by atoms with Crippen molar-refractivity contribution in [2.45, 2.75) is 44.9 Å². The van der Waals surface area contributed by atoms with Crippen molar-refractivity contribution >= 4 is 11.5 Å². The molecule has 1 aromatic carbocycles. The van der Waals surface area contributed by atoms with E-state index in [0.717, 1.165) is 12.8 Å². The van der Waals surface area contributed by atoms with Gasteiger partial charge >= 0.3 is 5.97 Å². The van der Waals surface area contributed by atoms with Crippen LogP contribution >= 0.6 is 0 Å². The van der Waals surface area contributed by atoms with Gasteiger partial charge in [0, 0.05) is 18.0 Å². The maximum Gasteiger partial charge on any atom is 0.341 e. The number of aryl methyl sites for hydroxylation is 1. The molecule has 3 unspecified atom stereocenters. The van der Waals surface area contributed by atoms with Crippen molar-refractivity contribution in [2.75, 3.05) is 6.61 Å². The van der Waals surface area contributed by atoms with Crippen LogP contribution in [0.5, 0.6) is 5.75 Å². The summed E-state index contributed by atoms with van der Waals surface area (Å²) in [4.78, 5) is 19.3. The van der Waals surface area contributed by atoms with E-state index in [2.05, 4.69) is 35.1 Å². The lowest BCUT2D eigenvalue weighted by molar-refractivity contribution is -0.139. The maximum absolute atomic E-state index is 10.8. The number of aliphatic carboxylic acids is 1. The Morgan fingerprint density at radius 3 is 2.90 bits per heavy atom. The van der Waals surface area contributed by atoms with Crippen LogP contribution in [0.1, 0.15) is 55.2 Å². The summed E-state index contributed by atoms with van der Waals surface area (Å²) in [6, 6.07) is 6.18. The minimum absolute atomic E-state index is 0.202. The Labute approximate surface area is 170 Å². The van der Waals surface area contributed by atoms with E-state index in [1.165, 1.54) is 41.5 Å². The number of nitrogens with zero attached hydrogens (tertiary/aromatic N) is 2. The molecule has 0 amide bonds. The molecule has 0 radical (unpaired) electrons. The number of rotatable bonds is 4. The molecular formula is C24H26N2O3. The summed E-state index contributed by atoms with van der Waals surface area (Å²) < 4.78 is 5.40. The fraction of sp³-hybridized carbons (Fsp3) is 0.458. The van der Waals surface area contributed by atoms with Crippen LogP contribution in [-0.2, 0) is 11.2 Å². The fourth-order valence-electron chi connectivity index (χ4n) is 6.25. The molecule has 0 saturated heterocycles. The molecule has 4 atom stereocenters. The minimum Gasteiger partial charge on any atom is -0.482 e. The monoisotopic (exact) mass is 390 g/mol. The summed E-state index contributed by atoms with van der Waals surface area (Å²) in [5, 5.41) is 8.84. The average molecular weight is 390 g/mol. The van der Waals surface area contributed by atoms with Crippen molar-refractivity contribution in [1.82, 2.24) is 9.97 Å². The molecule has 3 aliphatic carbocycles. The highest BCUT2D eigenvalue weighted by molar-refractivity contribution is 5.72. The van der Waals surface area contributed by atoms with Crippen molar-refractivity contribution in [1.29, 1.82) is 0 Å². The number of ether oxygens (including phenoxy) is 1. The molecule has 1 aromatic heterocycles. The average Bonchev–Trinajstić information content (AvgIpc) is 3.09. The number of allylic oxidation sites excluding steroid dienone is 2. The summed E-state index contributed by atoms with van der Waals surface area (Å²) in [6.45, 7) is 2.15. The van der Waals surface area contributed by atoms with Crippen LogP contribution in [0.2, 0.25) is 0 Å². The molecule has 0 bridgehead atoms. The lowest BCUT2D eigenvalue weighted by atomic mass is 9.54. The van der Waals surface area contributed by atoms with Crippen molar-refractivity contribution in [3.8, 4) is 5.75 Å². The Bertz CT molecular complexity index is 971. The number of carboxylic acid groups (broad SMARTS) is 1. The number of hydrogen-bond donors (Lipinski definition) is 1. The topological polar surface area (TPSA) is 72.3 Å². The van der Waals surface area contributed by atoms with E-state index >= 15 is 0 Å². The van der Waals surface area contributed by atoms with Gasteiger partial charge in [0.15, 0.2) is 6.61 Å². The third kappa shape index (κ3) is 3.04. The Hall–Kier alpha value is -2.69. The first-order valence-electron chi connectivity index (χ1n) is 10.5. The molecule has 2 aromatic rings. The number of hydrogen-bond acceptors (Lipinski definition) is 4. The Morgan fingerprint density at radius 1 is 1.28 bits per heavy atom. The van der Waals surface area contributed by atoms with Gasteiger partial charge in [-0.2, -0.15) is 0 Å². The standard InChI is InChI=1S/C24H26N2O3/c1-24-9-8-19-18-5-3-17(29-13-23(27)28)10-15(18)2-4-20(19)22(24)7-6-21(24)16-11-25-14-26-12-16/h3,5-6,10-12,14,19-20,22H,2,4,7-9,13H2,1H3,(H,27,28)/t19?,20?,22?,24-/m1/s1. The first kappa shape index (κ1) is 18.3. The van der Waals surface area contributed by atoms with Gasteiger partial charge in [-0.1, -0.05) is 19.1 Å². The second-order valence-corrected chi connectivity index (χ2v) is 8.90. The number of fused-ring (bicyclic) bond motifs is 5. The van der Waals surface area contributed by atoms with Gasteiger partial charge in [0.2, 0.25) is 0 Å². The summed E-state index contributed by atoms with van der Waals surface area (Å²) in [5.74, 6) is 1.66. The highest BCUT2D eigenvalue weighted by Crippen LogP contribution is 2.63. The van der Waals surface area contributed by atoms with Crippen molar-refractivity contribution < 1.29 is 14.6 Å². The molecule has 150 valence electrons. The lowest BCUT2D eigenvalue weighted by Gasteiger charge is -2.50. The second kappa shape index (κ2) is 6.97. The van der Waals surface area contributed by atoms with E-state index in [0.29, 0.717) is 23.5 Å². The van der Waals surface area contributed by atoms with Crippen molar-refractivity contribution in [3.05, 3.63) is 59.7 Å². The highest BCUT2D eigenvalue weighted by Gasteiger charge is 2.51. The van der Waals surface area contributed by atoms with E-state index in [-0.39, 0.29) is 12.0 Å². The van der Waals surface area contributed by atoms with Crippen LogP contribution in [0, 0.1) is 17.3 Å². The number of benzene rings is 1. The molecule has 29 heavy (non-hydrogen) atoms. The fourth-order valence-corrected chi connectivity index (χ4v) is 6.25. The smallest absolute Gasteiger partial charge is 0.341 e. The van der Waals surface area contributed by atoms with E-state index in [9.17, 15) is 4.79 Å². The van der Waals surface area contributed by atoms with Crippen LogP contribution in [0.15, 0.2) is 43.0 Å². The molecule has 1 N–H and O–H groups in total. The van der Waals surface area contributed by atoms with E-state index < -0.39 is 5.97 Å². The van der Waals surface area contributed by atoms with Crippen LogP contribution in [0.4, 0.5) is 0 Å². The van der Waals surface area contributed by atoms with Gasteiger partial charge in [-0.05, 0) is 84.1 Å². The molecule has 5 nitrogen and oxygen atoms in total. The summed E-state index contributed by atoms with van der Waals surface area (Å²) >= 11 is 0. The molecule has 1 heterocycles. The zero-order valence-corrected chi connectivity index (χ0v) is 16.7. The lowest BCUT2D eigenvalue weighted by Crippen LogP contribution is -2.40.